The zero-order valence-corrected chi connectivity index (χ0v) is 9.10. The Kier molecular flexibility index (Phi) is 2.99. The van der Waals surface area contributed by atoms with Crippen LogP contribution in [0.4, 0.5) is 0 Å². The number of aromatic amines is 1. The number of aryl methyl sites for hydroxylation is 3. The Morgan fingerprint density at radius 3 is 2.79 bits per heavy atom. The summed E-state index contributed by atoms with van der Waals surface area (Å²) in [5.41, 5.74) is 1.22. The number of aromatic nitrogens is 2. The molecule has 3 heteroatoms. The van der Waals surface area contributed by atoms with E-state index in [1.807, 2.05) is 17.5 Å². The highest BCUT2D eigenvalue weighted by molar-refractivity contribution is 7.11. The number of H-pyrrole nitrogens is 1. The highest BCUT2D eigenvalue weighted by Crippen LogP contribution is 2.18. The monoisotopic (exact) mass is 206 g/mol. The topological polar surface area (TPSA) is 28.7 Å². The van der Waals surface area contributed by atoms with Crippen molar-refractivity contribution in [3.63, 3.8) is 0 Å². The number of rotatable bonds is 4. The third-order valence-corrected chi connectivity index (χ3v) is 3.55. The number of imidazole rings is 1. The van der Waals surface area contributed by atoms with E-state index in [-0.39, 0.29) is 0 Å². The summed E-state index contributed by atoms with van der Waals surface area (Å²) in [4.78, 5) is 10.1. The Labute approximate surface area is 88.0 Å². The zero-order valence-electron chi connectivity index (χ0n) is 8.29. The summed E-state index contributed by atoms with van der Waals surface area (Å²) >= 11 is 1.92. The van der Waals surface area contributed by atoms with Crippen LogP contribution in [0.3, 0.4) is 0 Å². The van der Waals surface area contributed by atoms with Gasteiger partial charge in [0.25, 0.3) is 0 Å². The summed E-state index contributed by atoms with van der Waals surface area (Å²) in [6.07, 6.45) is 6.96. The highest BCUT2D eigenvalue weighted by Gasteiger charge is 2.00. The predicted octanol–water partition coefficient (Wildman–Crippen LogP) is 2.82. The van der Waals surface area contributed by atoms with E-state index in [0.29, 0.717) is 0 Å². The van der Waals surface area contributed by atoms with Gasteiger partial charge >= 0.3 is 0 Å². The number of nitrogens with one attached hydrogen (secondary N) is 1. The van der Waals surface area contributed by atoms with E-state index in [2.05, 4.69) is 29.0 Å². The third kappa shape index (κ3) is 2.23. The maximum atomic E-state index is 4.00. The van der Waals surface area contributed by atoms with E-state index in [0.717, 1.165) is 19.3 Å². The number of thiophene rings is 1. The van der Waals surface area contributed by atoms with Crippen LogP contribution in [0.15, 0.2) is 24.7 Å². The van der Waals surface area contributed by atoms with E-state index in [1.54, 1.807) is 6.33 Å². The smallest absolute Gasteiger partial charge is 0.0921 e. The van der Waals surface area contributed by atoms with Gasteiger partial charge in [-0.05, 0) is 31.4 Å². The summed E-state index contributed by atoms with van der Waals surface area (Å²) < 4.78 is 0. The van der Waals surface area contributed by atoms with Crippen LogP contribution in [-0.2, 0) is 19.3 Å². The quantitative estimate of drug-likeness (QED) is 0.818. The molecule has 1 N–H and O–H groups in total. The number of hydrogen-bond acceptors (Lipinski definition) is 2. The van der Waals surface area contributed by atoms with Gasteiger partial charge in [-0.3, -0.25) is 0 Å². The largest absolute Gasteiger partial charge is 0.348 e. The van der Waals surface area contributed by atoms with E-state index in [9.17, 15) is 0 Å². The molecule has 0 saturated heterocycles. The minimum absolute atomic E-state index is 1.06. The molecule has 0 aliphatic carbocycles. The average Bonchev–Trinajstić information content (AvgIpc) is 2.86. The van der Waals surface area contributed by atoms with Crippen LogP contribution in [0.25, 0.3) is 0 Å². The Morgan fingerprint density at radius 1 is 1.29 bits per heavy atom. The molecule has 0 unspecified atom stereocenters. The molecule has 14 heavy (non-hydrogen) atoms. The predicted molar refractivity (Wildman–Crippen MR) is 59.7 cm³/mol. The first kappa shape index (κ1) is 9.46. The lowest BCUT2D eigenvalue weighted by atomic mass is 10.2. The molecule has 0 spiro atoms. The van der Waals surface area contributed by atoms with Crippen molar-refractivity contribution in [1.29, 1.82) is 0 Å². The summed E-state index contributed by atoms with van der Waals surface area (Å²) in [6, 6.07) is 4.47. The van der Waals surface area contributed by atoms with Crippen LogP contribution in [0.2, 0.25) is 0 Å². The van der Waals surface area contributed by atoms with Gasteiger partial charge < -0.3 is 4.98 Å². The molecule has 0 amide bonds. The van der Waals surface area contributed by atoms with E-state index in [4.69, 9.17) is 0 Å². The van der Waals surface area contributed by atoms with Gasteiger partial charge in [0.05, 0.1) is 6.33 Å². The van der Waals surface area contributed by atoms with Crippen molar-refractivity contribution in [2.45, 2.75) is 26.2 Å². The maximum Gasteiger partial charge on any atom is 0.0921 e. The molecular formula is C11H14N2S. The standard InChI is InChI=1S/C11H14N2S/c1-2-10-5-6-11(14-10)4-3-9-7-12-8-13-9/h5-8H,2-4H2,1H3,(H,12,13). The SMILES string of the molecule is CCc1ccc(CCc2cnc[nH]2)s1. The molecule has 0 aliphatic heterocycles. The third-order valence-electron chi connectivity index (χ3n) is 2.26. The Balaban J connectivity index is 1.92. The van der Waals surface area contributed by atoms with Crippen LogP contribution in [-0.4, -0.2) is 9.97 Å². The minimum atomic E-state index is 1.06. The van der Waals surface area contributed by atoms with Crippen molar-refractivity contribution in [2.75, 3.05) is 0 Å². The molecular weight excluding hydrogens is 192 g/mol. The summed E-state index contributed by atoms with van der Waals surface area (Å²) in [5.74, 6) is 0. The van der Waals surface area contributed by atoms with Gasteiger partial charge in [-0.2, -0.15) is 0 Å². The second kappa shape index (κ2) is 4.42. The van der Waals surface area contributed by atoms with Crippen molar-refractivity contribution in [1.82, 2.24) is 9.97 Å². The first-order valence-electron chi connectivity index (χ1n) is 4.93. The number of nitrogens with zero attached hydrogens (tertiary/aromatic N) is 1. The Morgan fingerprint density at radius 2 is 2.14 bits per heavy atom. The molecule has 2 aromatic heterocycles. The average molecular weight is 206 g/mol. The van der Waals surface area contributed by atoms with Gasteiger partial charge in [0.2, 0.25) is 0 Å². The van der Waals surface area contributed by atoms with Crippen molar-refractivity contribution < 1.29 is 0 Å². The number of hydrogen-bond donors (Lipinski definition) is 1. The van der Waals surface area contributed by atoms with Crippen molar-refractivity contribution in [2.24, 2.45) is 0 Å². The molecule has 2 heterocycles. The second-order valence-corrected chi connectivity index (χ2v) is 4.55. The molecule has 0 fully saturated rings. The molecule has 0 bridgehead atoms. The molecule has 2 nitrogen and oxygen atoms in total. The summed E-state index contributed by atoms with van der Waals surface area (Å²) in [5, 5.41) is 0. The van der Waals surface area contributed by atoms with Crippen molar-refractivity contribution >= 4 is 11.3 Å². The molecule has 74 valence electrons. The molecule has 2 rings (SSSR count). The van der Waals surface area contributed by atoms with E-state index < -0.39 is 0 Å². The van der Waals surface area contributed by atoms with Crippen molar-refractivity contribution in [3.8, 4) is 0 Å². The van der Waals surface area contributed by atoms with Crippen LogP contribution in [0, 0.1) is 0 Å². The summed E-state index contributed by atoms with van der Waals surface area (Å²) in [6.45, 7) is 2.20. The molecule has 0 aliphatic rings. The Hall–Kier alpha value is -1.09. The van der Waals surface area contributed by atoms with Crippen LogP contribution < -0.4 is 0 Å². The Bertz CT molecular complexity index is 376. The first-order valence-corrected chi connectivity index (χ1v) is 5.75. The van der Waals surface area contributed by atoms with Gasteiger partial charge in [-0.25, -0.2) is 4.98 Å². The molecule has 0 aromatic carbocycles. The lowest BCUT2D eigenvalue weighted by Crippen LogP contribution is -1.87. The summed E-state index contributed by atoms with van der Waals surface area (Å²) in [7, 11) is 0. The highest BCUT2D eigenvalue weighted by atomic mass is 32.1. The van der Waals surface area contributed by atoms with Crippen molar-refractivity contribution in [3.05, 3.63) is 40.1 Å². The normalized spacial score (nSPS) is 10.6. The van der Waals surface area contributed by atoms with Gasteiger partial charge in [0.1, 0.15) is 0 Å². The fraction of sp³-hybridized carbons (Fsp3) is 0.364. The molecule has 2 aromatic rings. The molecule has 0 atom stereocenters. The maximum absolute atomic E-state index is 4.00. The van der Waals surface area contributed by atoms with E-state index >= 15 is 0 Å². The first-order chi connectivity index (χ1) is 6.88. The van der Waals surface area contributed by atoms with Gasteiger partial charge in [-0.15, -0.1) is 11.3 Å². The van der Waals surface area contributed by atoms with Crippen LogP contribution in [0.5, 0.6) is 0 Å². The molecule has 0 saturated carbocycles. The fourth-order valence-corrected chi connectivity index (χ4v) is 2.38. The lowest BCUT2D eigenvalue weighted by molar-refractivity contribution is 0.942. The van der Waals surface area contributed by atoms with E-state index in [1.165, 1.54) is 15.4 Å². The minimum Gasteiger partial charge on any atom is -0.348 e. The van der Waals surface area contributed by atoms with Crippen LogP contribution in [0.1, 0.15) is 22.4 Å². The zero-order chi connectivity index (χ0) is 9.80. The fourth-order valence-electron chi connectivity index (χ4n) is 1.43. The van der Waals surface area contributed by atoms with Gasteiger partial charge in [-0.1, -0.05) is 6.92 Å². The molecule has 0 radical (unpaired) electrons. The van der Waals surface area contributed by atoms with Gasteiger partial charge in [0.15, 0.2) is 0 Å². The lowest BCUT2D eigenvalue weighted by Gasteiger charge is -1.94. The van der Waals surface area contributed by atoms with Crippen LogP contribution >= 0.6 is 11.3 Å². The second-order valence-electron chi connectivity index (χ2n) is 3.30. The van der Waals surface area contributed by atoms with Gasteiger partial charge in [0, 0.05) is 21.6 Å².